The molecule has 5 heteroatoms. The number of nitrogens with two attached hydrogens (primary N) is 1. The van der Waals surface area contributed by atoms with Crippen LogP contribution in [0.15, 0.2) is 12.4 Å². The van der Waals surface area contributed by atoms with Gasteiger partial charge in [0.2, 0.25) is 0 Å². The van der Waals surface area contributed by atoms with Crippen molar-refractivity contribution < 1.29 is 0 Å². The van der Waals surface area contributed by atoms with Gasteiger partial charge < -0.3 is 10.6 Å². The number of rotatable bonds is 6. The topological polar surface area (TPSA) is 55.0 Å². The SMILES string of the molecule is CCc1cc(N(CC)CC(C)C(N)=S)ncn1. The molecule has 0 saturated heterocycles. The average molecular weight is 252 g/mol. The van der Waals surface area contributed by atoms with Crippen molar-refractivity contribution >= 4 is 23.0 Å². The first-order valence-corrected chi connectivity index (χ1v) is 6.34. The van der Waals surface area contributed by atoms with E-state index in [1.807, 2.05) is 13.0 Å². The van der Waals surface area contributed by atoms with E-state index in [0.29, 0.717) is 4.99 Å². The third-order valence-corrected chi connectivity index (χ3v) is 3.16. The molecule has 0 aliphatic carbocycles. The summed E-state index contributed by atoms with van der Waals surface area (Å²) in [6.45, 7) is 7.89. The van der Waals surface area contributed by atoms with Gasteiger partial charge in [0.1, 0.15) is 12.1 Å². The standard InChI is InChI=1S/C12H20N4S/c1-4-10-6-11(15-8-14-10)16(5-2)7-9(3)12(13)17/h6,8-9H,4-5,7H2,1-3H3,(H2,13,17). The lowest BCUT2D eigenvalue weighted by Crippen LogP contribution is -2.34. The molecule has 1 aromatic heterocycles. The van der Waals surface area contributed by atoms with Crippen molar-refractivity contribution in [2.75, 3.05) is 18.0 Å². The molecule has 0 bridgehead atoms. The molecule has 0 aliphatic heterocycles. The van der Waals surface area contributed by atoms with Crippen LogP contribution in [0.4, 0.5) is 5.82 Å². The number of aromatic nitrogens is 2. The summed E-state index contributed by atoms with van der Waals surface area (Å²) in [4.78, 5) is 11.2. The van der Waals surface area contributed by atoms with Crippen molar-refractivity contribution in [1.29, 1.82) is 0 Å². The summed E-state index contributed by atoms with van der Waals surface area (Å²) in [6, 6.07) is 2.02. The zero-order valence-corrected chi connectivity index (χ0v) is 11.5. The normalized spacial score (nSPS) is 12.2. The van der Waals surface area contributed by atoms with E-state index in [1.165, 1.54) is 0 Å². The first-order chi connectivity index (χ1) is 8.08. The van der Waals surface area contributed by atoms with Crippen LogP contribution in [-0.4, -0.2) is 28.0 Å². The van der Waals surface area contributed by atoms with E-state index in [4.69, 9.17) is 18.0 Å². The fourth-order valence-electron chi connectivity index (χ4n) is 1.56. The third-order valence-electron chi connectivity index (χ3n) is 2.76. The first-order valence-electron chi connectivity index (χ1n) is 5.93. The Hall–Kier alpha value is -1.23. The Balaban J connectivity index is 2.82. The number of thiocarbonyl (C=S) groups is 1. The largest absolute Gasteiger partial charge is 0.393 e. The van der Waals surface area contributed by atoms with Gasteiger partial charge in [-0.3, -0.25) is 0 Å². The summed E-state index contributed by atoms with van der Waals surface area (Å²) in [5.74, 6) is 1.13. The Morgan fingerprint density at radius 2 is 2.18 bits per heavy atom. The molecule has 4 nitrogen and oxygen atoms in total. The van der Waals surface area contributed by atoms with Crippen LogP contribution in [0.5, 0.6) is 0 Å². The van der Waals surface area contributed by atoms with Gasteiger partial charge in [0.15, 0.2) is 0 Å². The van der Waals surface area contributed by atoms with E-state index in [1.54, 1.807) is 6.33 Å². The van der Waals surface area contributed by atoms with Crippen LogP contribution in [0, 0.1) is 5.92 Å². The molecule has 0 saturated carbocycles. The number of nitrogens with zero attached hydrogens (tertiary/aromatic N) is 3. The first kappa shape index (κ1) is 13.8. The molecule has 1 rings (SSSR count). The van der Waals surface area contributed by atoms with E-state index >= 15 is 0 Å². The molecule has 0 spiro atoms. The van der Waals surface area contributed by atoms with Gasteiger partial charge in [0.05, 0.1) is 4.99 Å². The maximum absolute atomic E-state index is 5.65. The number of hydrogen-bond acceptors (Lipinski definition) is 4. The molecule has 0 aromatic carbocycles. The number of hydrogen-bond donors (Lipinski definition) is 1. The summed E-state index contributed by atoms with van der Waals surface area (Å²) >= 11 is 5.00. The minimum absolute atomic E-state index is 0.185. The van der Waals surface area contributed by atoms with Crippen molar-refractivity contribution in [2.24, 2.45) is 11.7 Å². The predicted octanol–water partition coefficient (Wildman–Crippen LogP) is 1.79. The van der Waals surface area contributed by atoms with Gasteiger partial charge in [-0.2, -0.15) is 0 Å². The second-order valence-electron chi connectivity index (χ2n) is 4.06. The van der Waals surface area contributed by atoms with Crippen LogP contribution in [0.25, 0.3) is 0 Å². The Bertz CT molecular complexity index is 381. The van der Waals surface area contributed by atoms with Gasteiger partial charge in [0, 0.05) is 30.8 Å². The van der Waals surface area contributed by atoms with Crippen molar-refractivity contribution in [3.63, 3.8) is 0 Å². The van der Waals surface area contributed by atoms with Crippen LogP contribution in [-0.2, 0) is 6.42 Å². The molecule has 1 unspecified atom stereocenters. The Kier molecular flexibility index (Phi) is 5.28. The molecular formula is C12H20N4S. The molecule has 1 aromatic rings. The molecule has 0 radical (unpaired) electrons. The zero-order chi connectivity index (χ0) is 12.8. The fourth-order valence-corrected chi connectivity index (χ4v) is 1.63. The Morgan fingerprint density at radius 3 is 2.71 bits per heavy atom. The second kappa shape index (κ2) is 6.49. The Morgan fingerprint density at radius 1 is 1.47 bits per heavy atom. The van der Waals surface area contributed by atoms with Crippen molar-refractivity contribution in [2.45, 2.75) is 27.2 Å². The predicted molar refractivity (Wildman–Crippen MR) is 75.2 cm³/mol. The molecular weight excluding hydrogens is 232 g/mol. The van der Waals surface area contributed by atoms with E-state index in [2.05, 4.69) is 28.7 Å². The quantitative estimate of drug-likeness (QED) is 0.782. The molecule has 0 amide bonds. The summed E-state index contributed by atoms with van der Waals surface area (Å²) in [5.41, 5.74) is 6.70. The van der Waals surface area contributed by atoms with Gasteiger partial charge in [0.25, 0.3) is 0 Å². The van der Waals surface area contributed by atoms with Crippen LogP contribution in [0.2, 0.25) is 0 Å². The summed E-state index contributed by atoms with van der Waals surface area (Å²) in [7, 11) is 0. The molecule has 0 fully saturated rings. The highest BCUT2D eigenvalue weighted by Gasteiger charge is 2.13. The van der Waals surface area contributed by atoms with E-state index < -0.39 is 0 Å². The van der Waals surface area contributed by atoms with Gasteiger partial charge in [-0.1, -0.05) is 26.1 Å². The molecule has 1 heterocycles. The van der Waals surface area contributed by atoms with Crippen LogP contribution >= 0.6 is 12.2 Å². The van der Waals surface area contributed by atoms with Gasteiger partial charge in [-0.05, 0) is 13.3 Å². The maximum Gasteiger partial charge on any atom is 0.132 e. The number of aryl methyl sites for hydroxylation is 1. The molecule has 1 atom stereocenters. The molecule has 0 aliphatic rings. The van der Waals surface area contributed by atoms with Crippen molar-refractivity contribution in [1.82, 2.24) is 9.97 Å². The van der Waals surface area contributed by atoms with Gasteiger partial charge in [-0.15, -0.1) is 0 Å². The fraction of sp³-hybridized carbons (Fsp3) is 0.583. The Labute approximate surface area is 108 Å². The summed E-state index contributed by atoms with van der Waals surface area (Å²) < 4.78 is 0. The highest BCUT2D eigenvalue weighted by atomic mass is 32.1. The lowest BCUT2D eigenvalue weighted by Gasteiger charge is -2.25. The molecule has 94 valence electrons. The zero-order valence-electron chi connectivity index (χ0n) is 10.7. The summed E-state index contributed by atoms with van der Waals surface area (Å²) in [6.07, 6.45) is 2.53. The van der Waals surface area contributed by atoms with Crippen LogP contribution in [0.3, 0.4) is 0 Å². The summed E-state index contributed by atoms with van der Waals surface area (Å²) in [5, 5.41) is 0. The lowest BCUT2D eigenvalue weighted by atomic mass is 10.1. The maximum atomic E-state index is 5.65. The van der Waals surface area contributed by atoms with Crippen molar-refractivity contribution in [3.05, 3.63) is 18.1 Å². The van der Waals surface area contributed by atoms with Crippen LogP contribution in [0.1, 0.15) is 26.5 Å². The molecule has 17 heavy (non-hydrogen) atoms. The van der Waals surface area contributed by atoms with E-state index in [9.17, 15) is 0 Å². The lowest BCUT2D eigenvalue weighted by molar-refractivity contribution is 0.697. The molecule has 2 N–H and O–H groups in total. The van der Waals surface area contributed by atoms with Crippen molar-refractivity contribution in [3.8, 4) is 0 Å². The number of anilines is 1. The monoisotopic (exact) mass is 252 g/mol. The third kappa shape index (κ3) is 3.93. The minimum Gasteiger partial charge on any atom is -0.393 e. The van der Waals surface area contributed by atoms with E-state index in [0.717, 1.165) is 31.0 Å². The average Bonchev–Trinajstić information content (AvgIpc) is 2.35. The van der Waals surface area contributed by atoms with Gasteiger partial charge >= 0.3 is 0 Å². The van der Waals surface area contributed by atoms with E-state index in [-0.39, 0.29) is 5.92 Å². The van der Waals surface area contributed by atoms with Gasteiger partial charge in [-0.25, -0.2) is 9.97 Å². The smallest absolute Gasteiger partial charge is 0.132 e. The van der Waals surface area contributed by atoms with Crippen LogP contribution < -0.4 is 10.6 Å². The second-order valence-corrected chi connectivity index (χ2v) is 4.53. The minimum atomic E-state index is 0.185. The highest BCUT2D eigenvalue weighted by Crippen LogP contribution is 2.13. The highest BCUT2D eigenvalue weighted by molar-refractivity contribution is 7.80.